The number of anilines is 1. The number of hydrogen-bond donors (Lipinski definition) is 1. The lowest BCUT2D eigenvalue weighted by Crippen LogP contribution is -2.29. The summed E-state index contributed by atoms with van der Waals surface area (Å²) in [4.78, 5) is 23.2. The third-order valence-corrected chi connectivity index (χ3v) is 2.70. The molecule has 1 unspecified atom stereocenters. The van der Waals surface area contributed by atoms with Gasteiger partial charge in [-0.1, -0.05) is 6.92 Å². The van der Waals surface area contributed by atoms with Crippen molar-refractivity contribution in [3.8, 4) is 0 Å². The van der Waals surface area contributed by atoms with Crippen LogP contribution in [0.25, 0.3) is 0 Å². The second-order valence-corrected chi connectivity index (χ2v) is 4.66. The lowest BCUT2D eigenvalue weighted by molar-refractivity contribution is -0.141. The molecule has 0 saturated carbocycles. The molecular weight excluding hydrogens is 258 g/mol. The van der Waals surface area contributed by atoms with Crippen LogP contribution in [0, 0.1) is 0 Å². The summed E-state index contributed by atoms with van der Waals surface area (Å²) in [5, 5.41) is 3.06. The van der Waals surface area contributed by atoms with Gasteiger partial charge in [0.05, 0.1) is 18.8 Å². The monoisotopic (exact) mass is 279 g/mol. The van der Waals surface area contributed by atoms with Gasteiger partial charge >= 0.3 is 11.9 Å². The highest BCUT2D eigenvalue weighted by molar-refractivity contribution is 5.90. The van der Waals surface area contributed by atoms with E-state index < -0.39 is 6.04 Å². The van der Waals surface area contributed by atoms with Crippen LogP contribution in [0.5, 0.6) is 0 Å². The highest BCUT2D eigenvalue weighted by Crippen LogP contribution is 2.13. The molecule has 1 aromatic carbocycles. The number of carbonyl (C=O) groups is 2. The fraction of sp³-hybridized carbons (Fsp3) is 0.467. The smallest absolute Gasteiger partial charge is 0.338 e. The third kappa shape index (κ3) is 4.57. The Labute approximate surface area is 119 Å². The average molecular weight is 279 g/mol. The van der Waals surface area contributed by atoms with Gasteiger partial charge in [0.25, 0.3) is 0 Å². The minimum Gasteiger partial charge on any atom is -0.467 e. The van der Waals surface area contributed by atoms with Crippen LogP contribution in [-0.2, 0) is 14.3 Å². The molecule has 20 heavy (non-hydrogen) atoms. The maximum atomic E-state index is 11.7. The Morgan fingerprint density at radius 2 is 1.80 bits per heavy atom. The van der Waals surface area contributed by atoms with Crippen molar-refractivity contribution in [2.75, 3.05) is 12.4 Å². The fourth-order valence-electron chi connectivity index (χ4n) is 1.66. The zero-order valence-electron chi connectivity index (χ0n) is 12.3. The summed E-state index contributed by atoms with van der Waals surface area (Å²) in [5.74, 6) is -0.664. The number of benzene rings is 1. The van der Waals surface area contributed by atoms with Crippen LogP contribution in [0.2, 0.25) is 0 Å². The summed E-state index contributed by atoms with van der Waals surface area (Å²) in [6.45, 7) is 5.50. The van der Waals surface area contributed by atoms with Crippen molar-refractivity contribution >= 4 is 17.6 Å². The first-order chi connectivity index (χ1) is 9.47. The average Bonchev–Trinajstić information content (AvgIpc) is 2.43. The van der Waals surface area contributed by atoms with Gasteiger partial charge < -0.3 is 14.8 Å². The van der Waals surface area contributed by atoms with Gasteiger partial charge in [0.2, 0.25) is 0 Å². The first-order valence-corrected chi connectivity index (χ1v) is 6.63. The number of methoxy groups -OCH3 is 1. The van der Waals surface area contributed by atoms with Crippen molar-refractivity contribution in [3.63, 3.8) is 0 Å². The summed E-state index contributed by atoms with van der Waals surface area (Å²) in [6, 6.07) is 6.41. The normalized spacial score (nSPS) is 11.8. The first kappa shape index (κ1) is 16.0. The van der Waals surface area contributed by atoms with E-state index in [0.717, 1.165) is 5.69 Å². The van der Waals surface area contributed by atoms with Crippen molar-refractivity contribution in [1.29, 1.82) is 0 Å². The van der Waals surface area contributed by atoms with E-state index in [1.54, 1.807) is 38.1 Å². The minimum atomic E-state index is -0.395. The first-order valence-electron chi connectivity index (χ1n) is 6.63. The van der Waals surface area contributed by atoms with Gasteiger partial charge in [0, 0.05) is 5.69 Å². The molecule has 5 heteroatoms. The summed E-state index contributed by atoms with van der Waals surface area (Å²) in [7, 11) is 1.36. The second-order valence-electron chi connectivity index (χ2n) is 4.66. The Bertz CT molecular complexity index is 453. The van der Waals surface area contributed by atoms with Gasteiger partial charge in [-0.15, -0.1) is 0 Å². The van der Waals surface area contributed by atoms with Crippen molar-refractivity contribution < 1.29 is 19.1 Å². The van der Waals surface area contributed by atoms with E-state index >= 15 is 0 Å². The summed E-state index contributed by atoms with van der Waals surface area (Å²) >= 11 is 0. The second kappa shape index (κ2) is 7.53. The lowest BCUT2D eigenvalue weighted by atomic mass is 10.1. The summed E-state index contributed by atoms with van der Waals surface area (Å²) < 4.78 is 9.81. The highest BCUT2D eigenvalue weighted by Gasteiger charge is 2.16. The number of hydrogen-bond acceptors (Lipinski definition) is 5. The predicted octanol–water partition coefficient (Wildman–Crippen LogP) is 2.62. The minimum absolute atomic E-state index is 0.149. The van der Waals surface area contributed by atoms with Crippen molar-refractivity contribution in [1.82, 2.24) is 0 Å². The number of ether oxygens (including phenoxy) is 2. The molecular formula is C15H21NO4. The Balaban J connectivity index is 2.71. The summed E-state index contributed by atoms with van der Waals surface area (Å²) in [5.41, 5.74) is 1.23. The van der Waals surface area contributed by atoms with Crippen LogP contribution < -0.4 is 5.32 Å². The topological polar surface area (TPSA) is 64.6 Å². The van der Waals surface area contributed by atoms with E-state index in [0.29, 0.717) is 12.0 Å². The van der Waals surface area contributed by atoms with Crippen LogP contribution in [0.3, 0.4) is 0 Å². The molecule has 0 saturated heterocycles. The molecule has 1 atom stereocenters. The number of esters is 2. The van der Waals surface area contributed by atoms with Gasteiger partial charge in [-0.25, -0.2) is 9.59 Å². The predicted molar refractivity (Wildman–Crippen MR) is 76.7 cm³/mol. The maximum absolute atomic E-state index is 11.7. The van der Waals surface area contributed by atoms with Gasteiger partial charge in [-0.2, -0.15) is 0 Å². The van der Waals surface area contributed by atoms with Crippen molar-refractivity contribution in [2.24, 2.45) is 0 Å². The largest absolute Gasteiger partial charge is 0.467 e. The molecule has 0 amide bonds. The van der Waals surface area contributed by atoms with E-state index in [-0.39, 0.29) is 18.0 Å². The molecule has 0 aliphatic rings. The molecule has 0 spiro atoms. The van der Waals surface area contributed by atoms with Crippen LogP contribution in [0.15, 0.2) is 24.3 Å². The Morgan fingerprint density at radius 3 is 2.25 bits per heavy atom. The van der Waals surface area contributed by atoms with E-state index in [9.17, 15) is 9.59 Å². The van der Waals surface area contributed by atoms with Crippen LogP contribution >= 0.6 is 0 Å². The molecule has 0 aromatic heterocycles. The Morgan fingerprint density at radius 1 is 1.20 bits per heavy atom. The number of nitrogens with one attached hydrogen (secondary N) is 1. The van der Waals surface area contributed by atoms with Crippen molar-refractivity contribution in [2.45, 2.75) is 39.3 Å². The lowest BCUT2D eigenvalue weighted by Gasteiger charge is -2.16. The third-order valence-electron chi connectivity index (χ3n) is 2.70. The fourth-order valence-corrected chi connectivity index (χ4v) is 1.66. The molecule has 1 rings (SSSR count). The SMILES string of the molecule is CCC(Nc1ccc(C(=O)OC(C)C)cc1)C(=O)OC. The molecule has 110 valence electrons. The van der Waals surface area contributed by atoms with E-state index in [1.807, 2.05) is 6.92 Å². The van der Waals surface area contributed by atoms with Crippen LogP contribution in [0.1, 0.15) is 37.6 Å². The number of rotatable bonds is 6. The zero-order valence-corrected chi connectivity index (χ0v) is 12.3. The molecule has 0 aliphatic carbocycles. The molecule has 1 N–H and O–H groups in total. The summed E-state index contributed by atoms with van der Waals surface area (Å²) in [6.07, 6.45) is 0.466. The molecule has 5 nitrogen and oxygen atoms in total. The molecule has 0 aliphatic heterocycles. The van der Waals surface area contributed by atoms with E-state index in [4.69, 9.17) is 9.47 Å². The van der Waals surface area contributed by atoms with E-state index in [2.05, 4.69) is 5.32 Å². The molecule has 1 aromatic rings. The zero-order chi connectivity index (χ0) is 15.1. The van der Waals surface area contributed by atoms with Gasteiger partial charge in [0.15, 0.2) is 0 Å². The van der Waals surface area contributed by atoms with E-state index in [1.165, 1.54) is 7.11 Å². The Hall–Kier alpha value is -2.04. The van der Waals surface area contributed by atoms with Crippen molar-refractivity contribution in [3.05, 3.63) is 29.8 Å². The quantitative estimate of drug-likeness (QED) is 0.811. The molecule has 0 fully saturated rings. The van der Waals surface area contributed by atoms with Crippen LogP contribution in [-0.4, -0.2) is 31.2 Å². The molecule has 0 heterocycles. The molecule has 0 bridgehead atoms. The van der Waals surface area contributed by atoms with Gasteiger partial charge in [0.1, 0.15) is 6.04 Å². The highest BCUT2D eigenvalue weighted by atomic mass is 16.5. The molecule has 0 radical (unpaired) electrons. The van der Waals surface area contributed by atoms with Gasteiger partial charge in [-0.3, -0.25) is 0 Å². The van der Waals surface area contributed by atoms with Crippen LogP contribution in [0.4, 0.5) is 5.69 Å². The van der Waals surface area contributed by atoms with Gasteiger partial charge in [-0.05, 0) is 44.5 Å². The maximum Gasteiger partial charge on any atom is 0.338 e. The Kier molecular flexibility index (Phi) is 6.03. The standard InChI is InChI=1S/C15H21NO4/c1-5-13(15(18)19-4)16-12-8-6-11(7-9-12)14(17)20-10(2)3/h6-10,13,16H,5H2,1-4H3. The number of carbonyl (C=O) groups excluding carboxylic acids is 2.